The van der Waals surface area contributed by atoms with Crippen LogP contribution in [0.2, 0.25) is 0 Å². The molecule has 37 heavy (non-hydrogen) atoms. The number of esters is 1. The lowest BCUT2D eigenvalue weighted by Crippen LogP contribution is -2.35. The molecule has 1 N–H and O–H groups in total. The summed E-state index contributed by atoms with van der Waals surface area (Å²) in [5.41, 5.74) is 2.59. The molecule has 0 saturated carbocycles. The summed E-state index contributed by atoms with van der Waals surface area (Å²) in [5.74, 6) is -1.72. The number of aliphatic hydroxyl groups is 1. The monoisotopic (exact) mass is 508 g/mol. The van der Waals surface area contributed by atoms with E-state index < -0.39 is 23.7 Å². The van der Waals surface area contributed by atoms with E-state index in [0.717, 1.165) is 11.1 Å². The summed E-state index contributed by atoms with van der Waals surface area (Å²) in [6, 6.07) is 9.78. The molecule has 1 amide bonds. The van der Waals surface area contributed by atoms with Crippen LogP contribution >= 0.6 is 0 Å². The number of carbonyl (C=O) groups is 3. The third kappa shape index (κ3) is 5.85. The zero-order valence-electron chi connectivity index (χ0n) is 22.8. The number of aliphatic hydroxyl groups excluding tert-OH is 1. The maximum absolute atomic E-state index is 13.4. The fourth-order valence-corrected chi connectivity index (χ4v) is 4.35. The number of rotatable bonds is 7. The van der Waals surface area contributed by atoms with Crippen LogP contribution in [-0.2, 0) is 19.8 Å². The number of Topliss-reactive ketones (excluding diaryl/α,β-unsaturated/α-hetero) is 1. The molecule has 3 rings (SSSR count). The Morgan fingerprint density at radius 1 is 1.08 bits per heavy atom. The Kier molecular flexibility index (Phi) is 8.12. The molecule has 0 bridgehead atoms. The summed E-state index contributed by atoms with van der Waals surface area (Å²) in [6.07, 6.45) is 0. The molecule has 8 heteroatoms. The minimum atomic E-state index is -0.877. The Balaban J connectivity index is 2.27. The van der Waals surface area contributed by atoms with E-state index in [4.69, 9.17) is 9.47 Å². The number of methoxy groups -OCH3 is 1. The number of hydrogen-bond donors (Lipinski definition) is 1. The number of likely N-dealkylation sites (N-methyl/N-ethyl adjacent to an activating group) is 1. The van der Waals surface area contributed by atoms with Gasteiger partial charge in [0.15, 0.2) is 11.5 Å². The first-order valence-corrected chi connectivity index (χ1v) is 12.2. The molecular formula is C29H36N2O6. The Hall–Kier alpha value is -3.65. The van der Waals surface area contributed by atoms with Crippen molar-refractivity contribution in [1.29, 1.82) is 0 Å². The van der Waals surface area contributed by atoms with Crippen LogP contribution < -0.4 is 9.47 Å². The highest BCUT2D eigenvalue weighted by Gasteiger charge is 2.46. The number of nitrogens with zero attached hydrogens (tertiary/aromatic N) is 2. The maximum Gasteiger partial charge on any atom is 0.308 e. The lowest BCUT2D eigenvalue weighted by atomic mass is 9.84. The van der Waals surface area contributed by atoms with E-state index in [1.54, 1.807) is 18.2 Å². The van der Waals surface area contributed by atoms with Gasteiger partial charge in [-0.2, -0.15) is 0 Å². The summed E-state index contributed by atoms with van der Waals surface area (Å²) in [5, 5.41) is 11.6. The quantitative estimate of drug-likeness (QED) is 0.197. The van der Waals surface area contributed by atoms with E-state index in [9.17, 15) is 19.5 Å². The SMILES string of the molecule is COc1ccc(C2/C(=C(\O)c3cc(C(C)(C)C)ccc3C)C(=O)C(=O)N2CCN(C)C)cc1OC(C)=O. The molecule has 1 fully saturated rings. The maximum atomic E-state index is 13.4. The Bertz CT molecular complexity index is 1260. The van der Waals surface area contributed by atoms with Crippen LogP contribution in [0.4, 0.5) is 0 Å². The molecule has 2 aromatic rings. The van der Waals surface area contributed by atoms with Crippen molar-refractivity contribution >= 4 is 23.4 Å². The van der Waals surface area contributed by atoms with Gasteiger partial charge >= 0.3 is 5.97 Å². The first-order chi connectivity index (χ1) is 17.3. The molecule has 0 aliphatic carbocycles. The first-order valence-electron chi connectivity index (χ1n) is 12.2. The van der Waals surface area contributed by atoms with Gasteiger partial charge in [0.2, 0.25) is 0 Å². The Morgan fingerprint density at radius 2 is 1.76 bits per heavy atom. The normalized spacial score (nSPS) is 17.4. The van der Waals surface area contributed by atoms with Crippen LogP contribution in [0.3, 0.4) is 0 Å². The predicted molar refractivity (Wildman–Crippen MR) is 142 cm³/mol. The molecule has 8 nitrogen and oxygen atoms in total. The van der Waals surface area contributed by atoms with Crippen molar-refractivity contribution in [2.24, 2.45) is 0 Å². The average Bonchev–Trinajstić information content (AvgIpc) is 3.06. The van der Waals surface area contributed by atoms with Crippen LogP contribution in [-0.4, -0.2) is 66.9 Å². The molecule has 1 aliphatic rings. The van der Waals surface area contributed by atoms with Gasteiger partial charge in [-0.15, -0.1) is 0 Å². The summed E-state index contributed by atoms with van der Waals surface area (Å²) in [4.78, 5) is 41.7. The number of carbonyl (C=O) groups excluding carboxylic acids is 3. The molecule has 0 aromatic heterocycles. The van der Waals surface area contributed by atoms with E-state index in [2.05, 4.69) is 20.8 Å². The Morgan fingerprint density at radius 3 is 2.32 bits per heavy atom. The molecule has 0 spiro atoms. The van der Waals surface area contributed by atoms with Crippen molar-refractivity contribution in [1.82, 2.24) is 9.80 Å². The molecular weight excluding hydrogens is 472 g/mol. The smallest absolute Gasteiger partial charge is 0.308 e. The van der Waals surface area contributed by atoms with E-state index in [1.165, 1.54) is 18.9 Å². The van der Waals surface area contributed by atoms with Gasteiger partial charge in [-0.05, 0) is 61.3 Å². The lowest BCUT2D eigenvalue weighted by molar-refractivity contribution is -0.140. The summed E-state index contributed by atoms with van der Waals surface area (Å²) >= 11 is 0. The van der Waals surface area contributed by atoms with Crippen LogP contribution in [0.5, 0.6) is 11.5 Å². The van der Waals surface area contributed by atoms with Gasteiger partial charge in [0.1, 0.15) is 5.76 Å². The van der Waals surface area contributed by atoms with Gasteiger partial charge in [0.05, 0.1) is 18.7 Å². The molecule has 2 aromatic carbocycles. The van der Waals surface area contributed by atoms with E-state index in [0.29, 0.717) is 23.4 Å². The zero-order chi connectivity index (χ0) is 27.7. The second kappa shape index (κ2) is 10.8. The van der Waals surface area contributed by atoms with Crippen molar-refractivity contribution in [2.45, 2.75) is 46.1 Å². The van der Waals surface area contributed by atoms with Crippen LogP contribution in [0.15, 0.2) is 42.0 Å². The third-order valence-electron chi connectivity index (χ3n) is 6.44. The molecule has 198 valence electrons. The van der Waals surface area contributed by atoms with Gasteiger partial charge in [-0.25, -0.2) is 0 Å². The minimum absolute atomic E-state index is 0.00291. The summed E-state index contributed by atoms with van der Waals surface area (Å²) in [6.45, 7) is 10.1. The van der Waals surface area contributed by atoms with E-state index >= 15 is 0 Å². The molecule has 1 atom stereocenters. The second-order valence-electron chi connectivity index (χ2n) is 10.6. The first kappa shape index (κ1) is 27.9. The number of benzene rings is 2. The molecule has 1 aliphatic heterocycles. The zero-order valence-corrected chi connectivity index (χ0v) is 22.8. The number of likely N-dealkylation sites (tertiary alicyclic amines) is 1. The van der Waals surface area contributed by atoms with Crippen LogP contribution in [0, 0.1) is 6.92 Å². The number of hydrogen-bond acceptors (Lipinski definition) is 7. The molecule has 0 radical (unpaired) electrons. The van der Waals surface area contributed by atoms with Crippen molar-refractivity contribution in [3.05, 3.63) is 64.2 Å². The predicted octanol–water partition coefficient (Wildman–Crippen LogP) is 4.21. The van der Waals surface area contributed by atoms with E-state index in [-0.39, 0.29) is 29.0 Å². The van der Waals surface area contributed by atoms with Gasteiger partial charge in [0.25, 0.3) is 11.7 Å². The minimum Gasteiger partial charge on any atom is -0.507 e. The van der Waals surface area contributed by atoms with Gasteiger partial charge in [-0.3, -0.25) is 14.4 Å². The fourth-order valence-electron chi connectivity index (χ4n) is 4.35. The van der Waals surface area contributed by atoms with Crippen molar-refractivity contribution in [3.63, 3.8) is 0 Å². The van der Waals surface area contributed by atoms with Gasteiger partial charge in [-0.1, -0.05) is 39.0 Å². The fraction of sp³-hybridized carbons (Fsp3) is 0.414. The lowest BCUT2D eigenvalue weighted by Gasteiger charge is -2.27. The number of ether oxygens (including phenoxy) is 2. The highest BCUT2D eigenvalue weighted by atomic mass is 16.6. The van der Waals surface area contributed by atoms with Gasteiger partial charge < -0.3 is 24.4 Å². The summed E-state index contributed by atoms with van der Waals surface area (Å²) in [7, 11) is 5.20. The van der Waals surface area contributed by atoms with Crippen molar-refractivity contribution in [3.8, 4) is 11.5 Å². The largest absolute Gasteiger partial charge is 0.507 e. The molecule has 1 saturated heterocycles. The Labute approximate surface area is 218 Å². The highest BCUT2D eigenvalue weighted by molar-refractivity contribution is 6.46. The second-order valence-corrected chi connectivity index (χ2v) is 10.6. The molecule has 1 heterocycles. The topological polar surface area (TPSA) is 96.4 Å². The van der Waals surface area contributed by atoms with Crippen molar-refractivity contribution in [2.75, 3.05) is 34.3 Å². The standard InChI is InChI=1S/C29H36N2O6/c1-17-9-11-20(29(3,4)5)16-21(17)26(33)24-25(31(14-13-30(6)7)28(35)27(24)34)19-10-12-22(36-8)23(15-19)37-18(2)32/h9-12,15-16,25,33H,13-14H2,1-8H3/b26-24+. The third-order valence-corrected chi connectivity index (χ3v) is 6.44. The van der Waals surface area contributed by atoms with Crippen LogP contribution in [0.25, 0.3) is 5.76 Å². The number of ketones is 1. The van der Waals surface area contributed by atoms with Crippen molar-refractivity contribution < 1.29 is 29.0 Å². The number of aryl methyl sites for hydroxylation is 1. The average molecular weight is 509 g/mol. The van der Waals surface area contributed by atoms with Gasteiger partial charge in [0, 0.05) is 25.6 Å². The highest BCUT2D eigenvalue weighted by Crippen LogP contribution is 2.42. The van der Waals surface area contributed by atoms with E-state index in [1.807, 2.05) is 44.1 Å². The number of amides is 1. The summed E-state index contributed by atoms with van der Waals surface area (Å²) < 4.78 is 10.7. The molecule has 1 unspecified atom stereocenters. The van der Waals surface area contributed by atoms with Crippen LogP contribution in [0.1, 0.15) is 56.0 Å².